The summed E-state index contributed by atoms with van der Waals surface area (Å²) < 4.78 is 0. The smallest absolute Gasteiger partial charge is 0.266 e. The number of hydrogen-bond donors (Lipinski definition) is 0. The summed E-state index contributed by atoms with van der Waals surface area (Å²) in [5.41, 5.74) is 1.26. The fourth-order valence-corrected chi connectivity index (χ4v) is 4.38. The maximum atomic E-state index is 13.7. The van der Waals surface area contributed by atoms with E-state index in [4.69, 9.17) is 4.84 Å². The van der Waals surface area contributed by atoms with Gasteiger partial charge in [-0.05, 0) is 36.8 Å². The molecule has 0 N–H and O–H groups in total. The molecule has 5 rings (SSSR count). The normalized spacial score (nSPS) is 26.1. The Hall–Kier alpha value is -3.44. The monoisotopic (exact) mass is 384 g/mol. The first-order chi connectivity index (χ1) is 14.1. The van der Waals surface area contributed by atoms with Crippen molar-refractivity contribution in [2.75, 3.05) is 9.96 Å². The van der Waals surface area contributed by atoms with Crippen LogP contribution in [0.2, 0.25) is 0 Å². The molecule has 5 nitrogen and oxygen atoms in total. The van der Waals surface area contributed by atoms with Gasteiger partial charge in [0, 0.05) is 0 Å². The van der Waals surface area contributed by atoms with Gasteiger partial charge in [0.15, 0.2) is 6.10 Å². The fraction of sp³-hybridized carbons (Fsp3) is 0.167. The molecule has 3 aromatic rings. The van der Waals surface area contributed by atoms with E-state index in [2.05, 4.69) is 0 Å². The molecule has 2 aliphatic rings. The second-order valence-corrected chi connectivity index (χ2v) is 7.56. The van der Waals surface area contributed by atoms with Crippen molar-refractivity contribution in [3.63, 3.8) is 0 Å². The van der Waals surface area contributed by atoms with E-state index in [9.17, 15) is 9.59 Å². The topological polar surface area (TPSA) is 49.9 Å². The molecule has 144 valence electrons. The average molecular weight is 384 g/mol. The highest BCUT2D eigenvalue weighted by Gasteiger charge is 2.68. The summed E-state index contributed by atoms with van der Waals surface area (Å²) >= 11 is 0. The minimum absolute atomic E-state index is 0.244. The number of para-hydroxylation sites is 2. The number of hydroxylamine groups is 1. The number of carbonyl (C=O) groups is 2. The Morgan fingerprint density at radius 3 is 1.86 bits per heavy atom. The molecule has 2 fully saturated rings. The van der Waals surface area contributed by atoms with Crippen molar-refractivity contribution in [1.82, 2.24) is 0 Å². The predicted molar refractivity (Wildman–Crippen MR) is 110 cm³/mol. The van der Waals surface area contributed by atoms with Gasteiger partial charge in [0.05, 0.1) is 17.4 Å². The van der Waals surface area contributed by atoms with Crippen LogP contribution in [0.5, 0.6) is 0 Å². The molecule has 0 aromatic heterocycles. The second-order valence-electron chi connectivity index (χ2n) is 7.56. The van der Waals surface area contributed by atoms with Gasteiger partial charge in [-0.3, -0.25) is 14.4 Å². The minimum Gasteiger partial charge on any atom is -0.273 e. The van der Waals surface area contributed by atoms with Crippen molar-refractivity contribution in [3.05, 3.63) is 96.6 Å². The van der Waals surface area contributed by atoms with Crippen LogP contribution in [-0.2, 0) is 14.4 Å². The number of hydrogen-bond acceptors (Lipinski definition) is 4. The van der Waals surface area contributed by atoms with Gasteiger partial charge >= 0.3 is 0 Å². The number of nitrogens with zero attached hydrogens (tertiary/aromatic N) is 2. The first-order valence-corrected chi connectivity index (χ1v) is 9.62. The van der Waals surface area contributed by atoms with E-state index < -0.39 is 17.6 Å². The van der Waals surface area contributed by atoms with Gasteiger partial charge in [0.25, 0.3) is 5.91 Å². The van der Waals surface area contributed by atoms with Crippen molar-refractivity contribution in [2.45, 2.75) is 19.1 Å². The molecule has 29 heavy (non-hydrogen) atoms. The Bertz CT molecular complexity index is 1060. The molecular formula is C24H20N2O3. The first kappa shape index (κ1) is 17.6. The van der Waals surface area contributed by atoms with Gasteiger partial charge in [0.2, 0.25) is 5.91 Å². The third-order valence-electron chi connectivity index (χ3n) is 5.82. The summed E-state index contributed by atoms with van der Waals surface area (Å²) in [6.07, 6.45) is -0.888. The number of benzene rings is 3. The molecular weight excluding hydrogens is 364 g/mol. The zero-order valence-corrected chi connectivity index (χ0v) is 15.9. The number of carbonyl (C=O) groups excluding carboxylic acids is 2. The molecule has 3 aromatic carbocycles. The van der Waals surface area contributed by atoms with E-state index in [1.807, 2.05) is 85.8 Å². The number of rotatable bonds is 3. The molecule has 2 amide bonds. The van der Waals surface area contributed by atoms with Crippen LogP contribution in [0, 0.1) is 5.41 Å². The lowest BCUT2D eigenvalue weighted by molar-refractivity contribution is -0.128. The van der Waals surface area contributed by atoms with Gasteiger partial charge < -0.3 is 0 Å². The van der Waals surface area contributed by atoms with Crippen molar-refractivity contribution in [1.29, 1.82) is 0 Å². The van der Waals surface area contributed by atoms with E-state index in [0.717, 1.165) is 11.3 Å². The van der Waals surface area contributed by atoms with Crippen LogP contribution in [-0.4, -0.2) is 17.9 Å². The summed E-state index contributed by atoms with van der Waals surface area (Å²) in [7, 11) is 0. The van der Waals surface area contributed by atoms with Crippen molar-refractivity contribution in [3.8, 4) is 0 Å². The van der Waals surface area contributed by atoms with Crippen LogP contribution in [0.1, 0.15) is 18.5 Å². The number of imide groups is 1. The lowest BCUT2D eigenvalue weighted by Gasteiger charge is -2.32. The second kappa shape index (κ2) is 6.57. The Balaban J connectivity index is 1.65. The van der Waals surface area contributed by atoms with Gasteiger partial charge in [0.1, 0.15) is 5.41 Å². The highest BCUT2D eigenvalue weighted by Crippen LogP contribution is 2.55. The van der Waals surface area contributed by atoms with Crippen LogP contribution in [0.15, 0.2) is 91.0 Å². The summed E-state index contributed by atoms with van der Waals surface area (Å²) in [5.74, 6) is -0.575. The van der Waals surface area contributed by atoms with Gasteiger partial charge in [-0.15, -0.1) is 0 Å². The van der Waals surface area contributed by atoms with Crippen LogP contribution in [0.3, 0.4) is 0 Å². The molecule has 3 atom stereocenters. The van der Waals surface area contributed by atoms with Gasteiger partial charge in [-0.2, -0.15) is 0 Å². The summed E-state index contributed by atoms with van der Waals surface area (Å²) in [6.45, 7) is 1.83. The SMILES string of the molecule is C[C@@]12C(=O)N(c3ccccc3)C(=O)[C@@H]1ON(c1ccccc1)[C@H]2c1ccccc1. The molecule has 5 heteroatoms. The summed E-state index contributed by atoms with van der Waals surface area (Å²) in [6, 6.07) is 28.0. The molecule has 2 aliphatic heterocycles. The first-order valence-electron chi connectivity index (χ1n) is 9.62. The maximum absolute atomic E-state index is 13.7. The van der Waals surface area contributed by atoms with Crippen molar-refractivity contribution < 1.29 is 14.4 Å². The fourth-order valence-electron chi connectivity index (χ4n) is 4.38. The molecule has 0 spiro atoms. The Labute approximate surface area is 169 Å². The third-order valence-corrected chi connectivity index (χ3v) is 5.82. The highest BCUT2D eigenvalue weighted by atomic mass is 16.7. The molecule has 0 radical (unpaired) electrons. The Morgan fingerprint density at radius 2 is 1.28 bits per heavy atom. The Morgan fingerprint density at radius 1 is 0.759 bits per heavy atom. The number of amides is 2. The van der Waals surface area contributed by atoms with Crippen LogP contribution < -0.4 is 9.96 Å². The summed E-state index contributed by atoms with van der Waals surface area (Å²) in [4.78, 5) is 34.5. The van der Waals surface area contributed by atoms with E-state index >= 15 is 0 Å². The van der Waals surface area contributed by atoms with Gasteiger partial charge in [-0.1, -0.05) is 66.7 Å². The van der Waals surface area contributed by atoms with Crippen molar-refractivity contribution in [2.24, 2.45) is 5.41 Å². The maximum Gasteiger partial charge on any atom is 0.266 e. The standard InChI is InChI=1S/C24H20N2O3/c1-24-20(17-11-5-2-6-12-17)26(19-15-9-4-10-16-19)29-21(24)22(27)25(23(24)28)18-13-7-3-8-14-18/h2-16,20-21H,1H3/t20-,21-,24-/m0/s1. The molecule has 2 saturated heterocycles. The van der Waals surface area contributed by atoms with E-state index in [0.29, 0.717) is 5.69 Å². The van der Waals surface area contributed by atoms with E-state index in [1.54, 1.807) is 17.2 Å². The van der Waals surface area contributed by atoms with Crippen LogP contribution in [0.4, 0.5) is 11.4 Å². The van der Waals surface area contributed by atoms with Crippen LogP contribution >= 0.6 is 0 Å². The van der Waals surface area contributed by atoms with E-state index in [-0.39, 0.29) is 11.8 Å². The molecule has 0 saturated carbocycles. The zero-order chi connectivity index (χ0) is 20.0. The van der Waals surface area contributed by atoms with E-state index in [1.165, 1.54) is 4.90 Å². The molecule has 0 bridgehead atoms. The molecule has 0 aliphatic carbocycles. The average Bonchev–Trinajstić information content (AvgIpc) is 3.18. The quantitative estimate of drug-likeness (QED) is 0.637. The van der Waals surface area contributed by atoms with Gasteiger partial charge in [-0.25, -0.2) is 9.96 Å². The summed E-state index contributed by atoms with van der Waals surface area (Å²) in [5, 5.41) is 1.72. The lowest BCUT2D eigenvalue weighted by Crippen LogP contribution is -2.41. The third kappa shape index (κ3) is 2.51. The van der Waals surface area contributed by atoms with Crippen molar-refractivity contribution >= 4 is 23.2 Å². The van der Waals surface area contributed by atoms with Crippen LogP contribution in [0.25, 0.3) is 0 Å². The molecule has 0 unspecified atom stereocenters. The predicted octanol–water partition coefficient (Wildman–Crippen LogP) is 4.13. The number of fused-ring (bicyclic) bond motifs is 1. The minimum atomic E-state index is -1.05. The highest BCUT2D eigenvalue weighted by molar-refractivity contribution is 6.25. The lowest BCUT2D eigenvalue weighted by atomic mass is 9.76. The largest absolute Gasteiger partial charge is 0.273 e. The zero-order valence-electron chi connectivity index (χ0n) is 15.9. The molecule has 2 heterocycles. The number of anilines is 2. The Kier molecular flexibility index (Phi) is 4.00.